The number of nitrogens with zero attached hydrogens (tertiary/aromatic N) is 2. The van der Waals surface area contributed by atoms with Crippen LogP contribution >= 0.6 is 0 Å². The molecule has 3 rings (SSSR count). The van der Waals surface area contributed by atoms with Crippen molar-refractivity contribution < 1.29 is 4.42 Å². The van der Waals surface area contributed by atoms with Gasteiger partial charge in [0.2, 0.25) is 5.89 Å². The van der Waals surface area contributed by atoms with Crippen molar-refractivity contribution in [3.63, 3.8) is 0 Å². The van der Waals surface area contributed by atoms with Gasteiger partial charge in [-0.25, -0.2) is 9.78 Å². The van der Waals surface area contributed by atoms with E-state index in [9.17, 15) is 4.79 Å². The normalized spacial score (nSPS) is 10.8. The number of anilines is 1. The fraction of sp³-hybridized carbons (Fsp3) is 0. The molecule has 6 nitrogen and oxygen atoms in total. The molecule has 2 aromatic heterocycles. The first-order valence-corrected chi connectivity index (χ1v) is 4.96. The Hall–Kier alpha value is -2.63. The van der Waals surface area contributed by atoms with Crippen LogP contribution in [0, 0.1) is 0 Å². The summed E-state index contributed by atoms with van der Waals surface area (Å²) in [5.41, 5.74) is 6.39. The summed E-state index contributed by atoms with van der Waals surface area (Å²) in [6, 6.07) is 9.33. The molecule has 0 aliphatic heterocycles. The molecule has 0 fully saturated rings. The summed E-state index contributed by atoms with van der Waals surface area (Å²) < 4.78 is 5.39. The summed E-state index contributed by atoms with van der Waals surface area (Å²) in [6.45, 7) is 0. The maximum absolute atomic E-state index is 11.1. The fourth-order valence-electron chi connectivity index (χ4n) is 1.56. The summed E-state index contributed by atoms with van der Waals surface area (Å²) in [5.74, 6) is 0.546. The van der Waals surface area contributed by atoms with Crippen LogP contribution in [0.1, 0.15) is 0 Å². The third kappa shape index (κ3) is 1.55. The van der Waals surface area contributed by atoms with Crippen molar-refractivity contribution in [1.82, 2.24) is 15.0 Å². The third-order valence-electron chi connectivity index (χ3n) is 2.33. The quantitative estimate of drug-likeness (QED) is 0.651. The van der Waals surface area contributed by atoms with Gasteiger partial charge in [-0.05, 0) is 12.1 Å². The van der Waals surface area contributed by atoms with Gasteiger partial charge in [0.05, 0.1) is 0 Å². The van der Waals surface area contributed by atoms with Crippen molar-refractivity contribution in [3.8, 4) is 11.5 Å². The molecule has 3 aromatic rings. The van der Waals surface area contributed by atoms with E-state index in [1.54, 1.807) is 0 Å². The zero-order chi connectivity index (χ0) is 11.8. The Balaban J connectivity index is 2.27. The highest BCUT2D eigenvalue weighted by molar-refractivity contribution is 5.81. The van der Waals surface area contributed by atoms with Gasteiger partial charge in [0.25, 0.3) is 5.71 Å². The first-order chi connectivity index (χ1) is 8.24. The minimum Gasteiger partial charge on any atom is -0.417 e. The van der Waals surface area contributed by atoms with Gasteiger partial charge in [0.15, 0.2) is 5.52 Å². The van der Waals surface area contributed by atoms with Crippen molar-refractivity contribution in [2.45, 2.75) is 0 Å². The number of aromatic nitrogens is 3. The van der Waals surface area contributed by atoms with Crippen LogP contribution in [0.4, 0.5) is 5.82 Å². The van der Waals surface area contributed by atoms with E-state index in [4.69, 9.17) is 10.2 Å². The first kappa shape index (κ1) is 9.59. The molecule has 0 aliphatic carbocycles. The highest BCUT2D eigenvalue weighted by Gasteiger charge is 2.12. The molecule has 84 valence electrons. The number of fused-ring (bicyclic) bond motifs is 1. The summed E-state index contributed by atoms with van der Waals surface area (Å²) in [4.78, 5) is 21.3. The summed E-state index contributed by atoms with van der Waals surface area (Å²) >= 11 is 0. The lowest BCUT2D eigenvalue weighted by molar-refractivity contribution is 0.605. The van der Waals surface area contributed by atoms with E-state index >= 15 is 0 Å². The molecule has 0 bridgehead atoms. The number of hydrogen-bond acceptors (Lipinski definition) is 5. The zero-order valence-corrected chi connectivity index (χ0v) is 8.68. The van der Waals surface area contributed by atoms with Crippen LogP contribution in [0.15, 0.2) is 39.5 Å². The second-order valence-electron chi connectivity index (χ2n) is 3.49. The van der Waals surface area contributed by atoms with Gasteiger partial charge in [-0.2, -0.15) is 4.98 Å². The number of rotatable bonds is 1. The Bertz CT molecular complexity index is 730. The molecular formula is C11H8N4O2. The maximum atomic E-state index is 11.1. The molecule has 0 unspecified atom stereocenters. The van der Waals surface area contributed by atoms with Crippen LogP contribution in [0.5, 0.6) is 0 Å². The number of nitrogen functional groups attached to an aromatic ring is 1. The molecule has 6 heteroatoms. The standard InChI is InChI=1S/C11H8N4O2/c12-8-7-10(15-11(16)14-8)17-9(13-7)6-4-2-1-3-5-6/h1-5H,(H3,12,14,15,16). The number of benzene rings is 1. The monoisotopic (exact) mass is 228 g/mol. The number of nitrogens with one attached hydrogen (secondary N) is 1. The van der Waals surface area contributed by atoms with Crippen LogP contribution < -0.4 is 11.4 Å². The average molecular weight is 228 g/mol. The summed E-state index contributed by atoms with van der Waals surface area (Å²) in [5, 5.41) is 0. The van der Waals surface area contributed by atoms with Crippen molar-refractivity contribution in [3.05, 3.63) is 40.8 Å². The molecule has 0 amide bonds. The van der Waals surface area contributed by atoms with Gasteiger partial charge in [-0.15, -0.1) is 0 Å². The maximum Gasteiger partial charge on any atom is 0.349 e. The minimum absolute atomic E-state index is 0.144. The van der Waals surface area contributed by atoms with Crippen molar-refractivity contribution in [1.29, 1.82) is 0 Å². The van der Waals surface area contributed by atoms with Gasteiger partial charge in [0.1, 0.15) is 5.82 Å². The van der Waals surface area contributed by atoms with E-state index in [-0.39, 0.29) is 11.5 Å². The highest BCUT2D eigenvalue weighted by atomic mass is 16.4. The summed E-state index contributed by atoms with van der Waals surface area (Å²) in [6.07, 6.45) is 0. The van der Waals surface area contributed by atoms with E-state index in [1.165, 1.54) is 0 Å². The molecule has 0 radical (unpaired) electrons. The Kier molecular flexibility index (Phi) is 1.94. The molecule has 0 saturated carbocycles. The zero-order valence-electron chi connectivity index (χ0n) is 8.68. The number of nitrogens with two attached hydrogens (primary N) is 1. The van der Waals surface area contributed by atoms with E-state index in [1.807, 2.05) is 30.3 Å². The van der Waals surface area contributed by atoms with Crippen molar-refractivity contribution >= 4 is 17.0 Å². The van der Waals surface area contributed by atoms with E-state index in [0.717, 1.165) is 5.56 Å². The van der Waals surface area contributed by atoms with Gasteiger partial charge >= 0.3 is 5.69 Å². The molecule has 3 N–H and O–H groups in total. The highest BCUT2D eigenvalue weighted by Crippen LogP contribution is 2.23. The van der Waals surface area contributed by atoms with Crippen molar-refractivity contribution in [2.75, 3.05) is 5.73 Å². The number of H-pyrrole nitrogens is 1. The largest absolute Gasteiger partial charge is 0.417 e. The number of hydrogen-bond donors (Lipinski definition) is 2. The van der Waals surface area contributed by atoms with Crippen LogP contribution in [0.3, 0.4) is 0 Å². The minimum atomic E-state index is -0.550. The van der Waals surface area contributed by atoms with Crippen LogP contribution in [-0.4, -0.2) is 15.0 Å². The predicted molar refractivity (Wildman–Crippen MR) is 62.3 cm³/mol. The molecule has 0 atom stereocenters. The Morgan fingerprint density at radius 2 is 1.94 bits per heavy atom. The Labute approximate surface area is 95.1 Å². The van der Waals surface area contributed by atoms with Crippen LogP contribution in [0.2, 0.25) is 0 Å². The summed E-state index contributed by atoms with van der Waals surface area (Å²) in [7, 11) is 0. The van der Waals surface area contributed by atoms with Gasteiger partial charge in [0, 0.05) is 5.56 Å². The van der Waals surface area contributed by atoms with Gasteiger partial charge < -0.3 is 10.2 Å². The molecule has 17 heavy (non-hydrogen) atoms. The Morgan fingerprint density at radius 1 is 1.18 bits per heavy atom. The van der Waals surface area contributed by atoms with Gasteiger partial charge in [-0.1, -0.05) is 18.2 Å². The third-order valence-corrected chi connectivity index (χ3v) is 2.33. The topological polar surface area (TPSA) is 97.8 Å². The van der Waals surface area contributed by atoms with E-state index in [2.05, 4.69) is 15.0 Å². The lowest BCUT2D eigenvalue weighted by Gasteiger charge is -1.91. The first-order valence-electron chi connectivity index (χ1n) is 4.96. The van der Waals surface area contributed by atoms with E-state index < -0.39 is 5.69 Å². The number of oxazole rings is 1. The second kappa shape index (κ2) is 3.44. The fourth-order valence-corrected chi connectivity index (χ4v) is 1.56. The number of aromatic amines is 1. The van der Waals surface area contributed by atoms with Crippen molar-refractivity contribution in [2.24, 2.45) is 0 Å². The average Bonchev–Trinajstić information content (AvgIpc) is 2.74. The SMILES string of the molecule is Nc1[nH]c(=O)nc2oc(-c3ccccc3)nc12. The molecule has 0 aliphatic rings. The second-order valence-corrected chi connectivity index (χ2v) is 3.49. The molecule has 0 spiro atoms. The molecule has 1 aromatic carbocycles. The molecule has 0 saturated heterocycles. The van der Waals surface area contributed by atoms with Crippen LogP contribution in [0.25, 0.3) is 22.7 Å². The lowest BCUT2D eigenvalue weighted by atomic mass is 10.2. The predicted octanol–water partition coefficient (Wildman–Crippen LogP) is 1.16. The van der Waals surface area contributed by atoms with Gasteiger partial charge in [-0.3, -0.25) is 4.98 Å². The molecule has 2 heterocycles. The molecular weight excluding hydrogens is 220 g/mol. The van der Waals surface area contributed by atoms with E-state index in [0.29, 0.717) is 11.4 Å². The lowest BCUT2D eigenvalue weighted by Crippen LogP contribution is -2.11. The van der Waals surface area contributed by atoms with Crippen LogP contribution in [-0.2, 0) is 0 Å². The smallest absolute Gasteiger partial charge is 0.349 e. The Morgan fingerprint density at radius 3 is 2.71 bits per heavy atom.